The third kappa shape index (κ3) is 7.35. The van der Waals surface area contributed by atoms with Crippen molar-refractivity contribution in [2.45, 2.75) is 33.3 Å². The lowest BCUT2D eigenvalue weighted by atomic mass is 10.3. The first-order valence-corrected chi connectivity index (χ1v) is 8.74. The van der Waals surface area contributed by atoms with Gasteiger partial charge in [0.05, 0.1) is 21.1 Å². The van der Waals surface area contributed by atoms with E-state index in [2.05, 4.69) is 0 Å². The van der Waals surface area contributed by atoms with E-state index in [1.807, 2.05) is 41.9 Å². The Kier molecular flexibility index (Phi) is 9.24. The Labute approximate surface area is 124 Å². The molecule has 0 aromatic heterocycles. The maximum atomic E-state index is 12.4. The molecule has 0 rings (SSSR count). The number of rotatable bonds is 10. The van der Waals surface area contributed by atoms with E-state index in [1.165, 1.54) is 0 Å². The highest BCUT2D eigenvalue weighted by Gasteiger charge is 2.33. The van der Waals surface area contributed by atoms with Crippen molar-refractivity contribution in [3.63, 3.8) is 0 Å². The largest absolute Gasteiger partial charge is 0.445 e. The van der Waals surface area contributed by atoms with Gasteiger partial charge < -0.3 is 23.0 Å². The minimum Gasteiger partial charge on any atom is -0.381 e. The molecule has 1 N–H and O–H groups in total. The van der Waals surface area contributed by atoms with Gasteiger partial charge >= 0.3 is 9.45 Å². The highest BCUT2D eigenvalue weighted by atomic mass is 28.3. The topological polar surface area (TPSA) is 59.0 Å². The molecule has 0 aliphatic heterocycles. The van der Waals surface area contributed by atoms with Crippen molar-refractivity contribution in [1.29, 1.82) is 0 Å². The number of carbonyl (C=O) groups excluding carboxylic acids is 1. The number of amides is 1. The Balaban J connectivity index is 4.89. The number of aliphatic hydroxyl groups excluding tert-OH is 1. The minimum absolute atomic E-state index is 0.279. The SMILES string of the molecule is CCCN(C(=O)C(O)C[N+](C)(C)C)[SiH](OCC)OCC. The van der Waals surface area contributed by atoms with Crippen LogP contribution in [0, 0.1) is 0 Å². The zero-order chi connectivity index (χ0) is 15.8. The predicted octanol–water partition coefficient (Wildman–Crippen LogP) is 0.0823. The fourth-order valence-corrected chi connectivity index (χ4v) is 3.74. The van der Waals surface area contributed by atoms with Crippen molar-refractivity contribution >= 4 is 15.4 Å². The summed E-state index contributed by atoms with van der Waals surface area (Å²) in [5.74, 6) is -0.279. The van der Waals surface area contributed by atoms with Crippen molar-refractivity contribution in [1.82, 2.24) is 4.57 Å². The first kappa shape index (κ1) is 19.5. The lowest BCUT2D eigenvalue weighted by Crippen LogP contribution is -2.55. The quantitative estimate of drug-likeness (QED) is 0.459. The van der Waals surface area contributed by atoms with Gasteiger partial charge in [-0.1, -0.05) is 6.92 Å². The molecule has 0 aromatic carbocycles. The second kappa shape index (κ2) is 9.46. The number of nitrogens with zero attached hydrogens (tertiary/aromatic N) is 2. The molecule has 0 radical (unpaired) electrons. The molecule has 6 nitrogen and oxygen atoms in total. The molecule has 0 aliphatic carbocycles. The molecule has 1 unspecified atom stereocenters. The molecule has 0 heterocycles. The fourth-order valence-electron chi connectivity index (χ4n) is 1.86. The van der Waals surface area contributed by atoms with E-state index in [-0.39, 0.29) is 5.91 Å². The van der Waals surface area contributed by atoms with Gasteiger partial charge in [0.25, 0.3) is 5.91 Å². The Bertz CT molecular complexity index is 278. The lowest BCUT2D eigenvalue weighted by molar-refractivity contribution is -0.872. The summed E-state index contributed by atoms with van der Waals surface area (Å²) >= 11 is 0. The van der Waals surface area contributed by atoms with Crippen LogP contribution in [0.25, 0.3) is 0 Å². The summed E-state index contributed by atoms with van der Waals surface area (Å²) in [4.78, 5) is 12.4. The number of carbonyl (C=O) groups is 1. The molecule has 0 fully saturated rings. The van der Waals surface area contributed by atoms with Crippen molar-refractivity contribution in [3.05, 3.63) is 0 Å². The Morgan fingerprint density at radius 1 is 1.20 bits per heavy atom. The van der Waals surface area contributed by atoms with Crippen LogP contribution in [0.5, 0.6) is 0 Å². The highest BCUT2D eigenvalue weighted by molar-refractivity contribution is 6.45. The van der Waals surface area contributed by atoms with E-state index >= 15 is 0 Å². The van der Waals surface area contributed by atoms with E-state index in [0.717, 1.165) is 6.42 Å². The maximum absolute atomic E-state index is 12.4. The molecule has 0 saturated carbocycles. The number of quaternary nitrogens is 1. The number of hydrogen-bond acceptors (Lipinski definition) is 4. The average Bonchev–Trinajstić information content (AvgIpc) is 2.33. The molecule has 0 aliphatic rings. The molecule has 0 saturated heterocycles. The van der Waals surface area contributed by atoms with E-state index in [1.54, 1.807) is 4.57 Å². The summed E-state index contributed by atoms with van der Waals surface area (Å²) in [5.41, 5.74) is 0. The molecular weight excluding hydrogens is 276 g/mol. The molecule has 0 aromatic rings. The summed E-state index contributed by atoms with van der Waals surface area (Å²) in [6, 6.07) is 0. The Morgan fingerprint density at radius 2 is 1.70 bits per heavy atom. The summed E-state index contributed by atoms with van der Waals surface area (Å²) in [7, 11) is 3.60. The summed E-state index contributed by atoms with van der Waals surface area (Å²) < 4.78 is 13.4. The van der Waals surface area contributed by atoms with E-state index in [4.69, 9.17) is 8.85 Å². The molecule has 0 bridgehead atoms. The zero-order valence-electron chi connectivity index (χ0n) is 13.8. The third-order valence-corrected chi connectivity index (χ3v) is 4.88. The molecular formula is C13H31N2O4Si+. The Morgan fingerprint density at radius 3 is 2.05 bits per heavy atom. The van der Waals surface area contributed by atoms with Crippen LogP contribution in [-0.2, 0) is 13.6 Å². The first-order chi connectivity index (χ1) is 9.26. The molecule has 0 spiro atoms. The van der Waals surface area contributed by atoms with Gasteiger partial charge in [0.1, 0.15) is 6.54 Å². The zero-order valence-corrected chi connectivity index (χ0v) is 14.9. The smallest absolute Gasteiger partial charge is 0.381 e. The van der Waals surface area contributed by atoms with Crippen LogP contribution >= 0.6 is 0 Å². The molecule has 7 heteroatoms. The van der Waals surface area contributed by atoms with Crippen LogP contribution < -0.4 is 0 Å². The van der Waals surface area contributed by atoms with Crippen molar-refractivity contribution in [2.24, 2.45) is 0 Å². The second-order valence-corrected chi connectivity index (χ2v) is 7.64. The van der Waals surface area contributed by atoms with Gasteiger partial charge in [-0.2, -0.15) is 0 Å². The molecule has 1 atom stereocenters. The van der Waals surface area contributed by atoms with Crippen LogP contribution in [0.3, 0.4) is 0 Å². The number of hydrogen-bond donors (Lipinski definition) is 1. The molecule has 20 heavy (non-hydrogen) atoms. The van der Waals surface area contributed by atoms with Crippen molar-refractivity contribution < 1.29 is 23.2 Å². The van der Waals surface area contributed by atoms with Gasteiger partial charge in [0.2, 0.25) is 0 Å². The van der Waals surface area contributed by atoms with Crippen LogP contribution in [0.2, 0.25) is 0 Å². The van der Waals surface area contributed by atoms with Gasteiger partial charge in [-0.05, 0) is 20.3 Å². The van der Waals surface area contributed by atoms with Crippen LogP contribution in [0.4, 0.5) is 0 Å². The highest BCUT2D eigenvalue weighted by Crippen LogP contribution is 2.07. The van der Waals surface area contributed by atoms with Gasteiger partial charge in [-0.25, -0.2) is 0 Å². The molecule has 120 valence electrons. The monoisotopic (exact) mass is 307 g/mol. The number of likely N-dealkylation sites (N-methyl/N-ethyl adjacent to an activating group) is 1. The number of aliphatic hydroxyl groups is 1. The lowest BCUT2D eigenvalue weighted by Gasteiger charge is -2.32. The van der Waals surface area contributed by atoms with E-state index in [0.29, 0.717) is 30.8 Å². The van der Waals surface area contributed by atoms with Crippen molar-refractivity contribution in [3.8, 4) is 0 Å². The van der Waals surface area contributed by atoms with Gasteiger partial charge in [-0.15, -0.1) is 0 Å². The van der Waals surface area contributed by atoms with Crippen molar-refractivity contribution in [2.75, 3.05) is 47.4 Å². The molecule has 1 amide bonds. The van der Waals surface area contributed by atoms with Gasteiger partial charge in [-0.3, -0.25) is 4.79 Å². The van der Waals surface area contributed by atoms with E-state index in [9.17, 15) is 9.90 Å². The first-order valence-electron chi connectivity index (χ1n) is 7.29. The van der Waals surface area contributed by atoms with Gasteiger partial charge in [0, 0.05) is 19.8 Å². The maximum Gasteiger partial charge on any atom is 0.445 e. The Hall–Kier alpha value is -0.473. The van der Waals surface area contributed by atoms with Crippen LogP contribution in [0.15, 0.2) is 0 Å². The summed E-state index contributed by atoms with van der Waals surface area (Å²) in [6.45, 7) is 7.72. The van der Waals surface area contributed by atoms with Crippen LogP contribution in [-0.4, -0.2) is 83.1 Å². The van der Waals surface area contributed by atoms with Gasteiger partial charge in [0.15, 0.2) is 6.10 Å². The third-order valence-electron chi connectivity index (χ3n) is 2.63. The summed E-state index contributed by atoms with van der Waals surface area (Å²) in [6.07, 6.45) is -0.204. The minimum atomic E-state index is -2.23. The average molecular weight is 307 g/mol. The fraction of sp³-hybridized carbons (Fsp3) is 0.923. The predicted molar refractivity (Wildman–Crippen MR) is 81.3 cm³/mol. The van der Waals surface area contributed by atoms with E-state index < -0.39 is 15.5 Å². The second-order valence-electron chi connectivity index (χ2n) is 5.74. The normalized spacial score (nSPS) is 13.6. The van der Waals surface area contributed by atoms with Crippen LogP contribution in [0.1, 0.15) is 27.2 Å². The standard InChI is InChI=1S/C13H31N2O4Si/c1-7-10-14(20(18-8-2)19-9-3)13(17)12(16)11-15(4,5)6/h12,16,20H,7-11H2,1-6H3/q+1. The summed E-state index contributed by atoms with van der Waals surface area (Å²) in [5, 5.41) is 10.1.